The summed E-state index contributed by atoms with van der Waals surface area (Å²) in [4.78, 5) is 25.3. The number of esters is 1. The summed E-state index contributed by atoms with van der Waals surface area (Å²) in [5.74, 6) is 0.177. The van der Waals surface area contributed by atoms with Gasteiger partial charge in [-0.2, -0.15) is 0 Å². The minimum atomic E-state index is -0.465. The van der Waals surface area contributed by atoms with E-state index in [2.05, 4.69) is 0 Å². The monoisotopic (exact) mass is 427 g/mol. The largest absolute Gasteiger partial charge is 0.488 e. The van der Waals surface area contributed by atoms with Crippen molar-refractivity contribution in [1.82, 2.24) is 4.40 Å². The van der Waals surface area contributed by atoms with Crippen LogP contribution in [-0.4, -0.2) is 23.3 Å². The number of carbonyl (C=O) groups excluding carboxylic acids is 2. The highest BCUT2D eigenvalue weighted by atomic mass is 16.5. The topological polar surface area (TPSA) is 57.0 Å². The fourth-order valence-corrected chi connectivity index (χ4v) is 4.09. The highest BCUT2D eigenvalue weighted by molar-refractivity contribution is 6.10. The minimum absolute atomic E-state index is 0.239. The average Bonchev–Trinajstić information content (AvgIpc) is 3.13. The minimum Gasteiger partial charge on any atom is -0.488 e. The van der Waals surface area contributed by atoms with E-state index in [1.54, 1.807) is 17.5 Å². The maximum atomic E-state index is 13.1. The van der Waals surface area contributed by atoms with Gasteiger partial charge in [-0.1, -0.05) is 42.5 Å². The molecule has 2 aromatic carbocycles. The Labute approximate surface area is 187 Å². The number of carbonyl (C=O) groups is 2. The van der Waals surface area contributed by atoms with Gasteiger partial charge in [-0.15, -0.1) is 0 Å². The lowest BCUT2D eigenvalue weighted by Gasteiger charge is -2.17. The smallest absolute Gasteiger partial charge is 0.340 e. The Morgan fingerprint density at radius 2 is 1.78 bits per heavy atom. The van der Waals surface area contributed by atoms with Gasteiger partial charge in [0.1, 0.15) is 12.4 Å². The number of rotatable bonds is 7. The maximum Gasteiger partial charge on any atom is 0.340 e. The van der Waals surface area contributed by atoms with Crippen LogP contribution in [0.4, 0.5) is 0 Å². The number of pyridine rings is 1. The van der Waals surface area contributed by atoms with Gasteiger partial charge in [0, 0.05) is 17.3 Å². The van der Waals surface area contributed by atoms with E-state index in [0.717, 1.165) is 23.0 Å². The zero-order valence-electron chi connectivity index (χ0n) is 18.4. The summed E-state index contributed by atoms with van der Waals surface area (Å²) in [7, 11) is 0. The van der Waals surface area contributed by atoms with Crippen molar-refractivity contribution in [2.75, 3.05) is 6.61 Å². The Balaban J connectivity index is 1.97. The molecular weight excluding hydrogens is 402 g/mol. The third-order valence-electron chi connectivity index (χ3n) is 5.39. The van der Waals surface area contributed by atoms with E-state index in [1.165, 1.54) is 0 Å². The predicted octanol–water partition coefficient (Wildman–Crippen LogP) is 5.79. The van der Waals surface area contributed by atoms with E-state index < -0.39 is 5.97 Å². The van der Waals surface area contributed by atoms with Crippen LogP contribution in [0.3, 0.4) is 0 Å². The van der Waals surface area contributed by atoms with Crippen LogP contribution in [0.25, 0.3) is 16.6 Å². The first-order valence-corrected chi connectivity index (χ1v) is 10.6. The summed E-state index contributed by atoms with van der Waals surface area (Å²) in [5.41, 5.74) is 5.57. The van der Waals surface area contributed by atoms with Gasteiger partial charge in [-0.3, -0.25) is 4.79 Å². The molecule has 0 aliphatic carbocycles. The van der Waals surface area contributed by atoms with Gasteiger partial charge in [-0.05, 0) is 55.7 Å². The molecule has 0 saturated heterocycles. The summed E-state index contributed by atoms with van der Waals surface area (Å²) in [6, 6.07) is 19.3. The second kappa shape index (κ2) is 9.10. The van der Waals surface area contributed by atoms with Gasteiger partial charge < -0.3 is 13.9 Å². The second-order valence-electron chi connectivity index (χ2n) is 7.66. The molecule has 2 aromatic heterocycles. The molecule has 0 spiro atoms. The number of aryl methyl sites for hydroxylation is 2. The van der Waals surface area contributed by atoms with Gasteiger partial charge in [0.25, 0.3) is 0 Å². The summed E-state index contributed by atoms with van der Waals surface area (Å²) in [6.07, 6.45) is 2.56. The number of benzene rings is 2. The average molecular weight is 428 g/mol. The van der Waals surface area contributed by atoms with Crippen molar-refractivity contribution >= 4 is 17.8 Å². The zero-order valence-corrected chi connectivity index (χ0v) is 18.4. The fraction of sp³-hybridized carbons (Fsp3) is 0.185. The molecule has 0 radical (unpaired) electrons. The normalized spacial score (nSPS) is 10.8. The van der Waals surface area contributed by atoms with E-state index in [9.17, 15) is 9.59 Å². The zero-order chi connectivity index (χ0) is 22.7. The molecule has 0 fully saturated rings. The van der Waals surface area contributed by atoms with Crippen molar-refractivity contribution in [1.29, 1.82) is 0 Å². The van der Waals surface area contributed by atoms with Gasteiger partial charge in [0.2, 0.25) is 0 Å². The summed E-state index contributed by atoms with van der Waals surface area (Å²) in [6.45, 7) is 6.33. The van der Waals surface area contributed by atoms with Crippen LogP contribution in [0.15, 0.2) is 66.9 Å². The molecule has 4 rings (SSSR count). The molecule has 0 bridgehead atoms. The van der Waals surface area contributed by atoms with Crippen molar-refractivity contribution < 1.29 is 19.1 Å². The Morgan fingerprint density at radius 1 is 1.03 bits per heavy atom. The van der Waals surface area contributed by atoms with Crippen LogP contribution >= 0.6 is 0 Å². The molecule has 5 nitrogen and oxygen atoms in total. The van der Waals surface area contributed by atoms with Crippen LogP contribution in [-0.2, 0) is 11.3 Å². The predicted molar refractivity (Wildman–Crippen MR) is 124 cm³/mol. The first-order valence-electron chi connectivity index (χ1n) is 10.6. The number of fused-ring (bicyclic) bond motifs is 1. The van der Waals surface area contributed by atoms with Crippen molar-refractivity contribution in [3.8, 4) is 16.9 Å². The summed E-state index contributed by atoms with van der Waals surface area (Å²) < 4.78 is 13.4. The van der Waals surface area contributed by atoms with E-state index >= 15 is 0 Å². The molecule has 32 heavy (non-hydrogen) atoms. The van der Waals surface area contributed by atoms with E-state index in [0.29, 0.717) is 40.3 Å². The standard InChI is InChI=1S/C27H25NO4/c1-4-31-27(30)25-22-12-8-9-13-28(22)23(16-29)24(25)21-15-18(2)14-19(3)26(21)32-17-20-10-6-5-7-11-20/h5-16H,4,17H2,1-3H3. The molecule has 0 amide bonds. The van der Waals surface area contributed by atoms with Crippen LogP contribution in [0.5, 0.6) is 5.75 Å². The highest BCUT2D eigenvalue weighted by Gasteiger charge is 2.28. The third-order valence-corrected chi connectivity index (χ3v) is 5.39. The molecule has 0 N–H and O–H groups in total. The quantitative estimate of drug-likeness (QED) is 0.277. The lowest BCUT2D eigenvalue weighted by molar-refractivity contribution is 0.0529. The maximum absolute atomic E-state index is 13.1. The molecule has 5 heteroatoms. The molecule has 0 aliphatic heterocycles. The van der Waals surface area contributed by atoms with Gasteiger partial charge >= 0.3 is 5.97 Å². The van der Waals surface area contributed by atoms with Crippen LogP contribution in [0.2, 0.25) is 0 Å². The number of hydrogen-bond donors (Lipinski definition) is 0. The molecule has 0 saturated carbocycles. The van der Waals surface area contributed by atoms with E-state index in [-0.39, 0.29) is 6.61 Å². The van der Waals surface area contributed by atoms with Crippen LogP contribution in [0.1, 0.15) is 44.5 Å². The Kier molecular flexibility index (Phi) is 6.08. The number of aldehydes is 1. The van der Waals surface area contributed by atoms with Crippen LogP contribution in [0, 0.1) is 13.8 Å². The van der Waals surface area contributed by atoms with Crippen molar-refractivity contribution in [2.45, 2.75) is 27.4 Å². The Morgan fingerprint density at radius 3 is 2.50 bits per heavy atom. The molecule has 162 valence electrons. The second-order valence-corrected chi connectivity index (χ2v) is 7.66. The summed E-state index contributed by atoms with van der Waals surface area (Å²) in [5, 5.41) is 0. The van der Waals surface area contributed by atoms with Crippen molar-refractivity contribution in [3.05, 3.63) is 94.8 Å². The third kappa shape index (κ3) is 3.89. The van der Waals surface area contributed by atoms with E-state index in [4.69, 9.17) is 9.47 Å². The lowest BCUT2D eigenvalue weighted by Crippen LogP contribution is -2.07. The SMILES string of the molecule is CCOC(=O)c1c(-c2cc(C)cc(C)c2OCc2ccccc2)c(C=O)n2ccccc12. The van der Waals surface area contributed by atoms with E-state index in [1.807, 2.05) is 74.5 Å². The van der Waals surface area contributed by atoms with Gasteiger partial charge in [-0.25, -0.2) is 4.79 Å². The van der Waals surface area contributed by atoms with Gasteiger partial charge in [0.05, 0.1) is 23.4 Å². The molecule has 0 unspecified atom stereocenters. The number of hydrogen-bond acceptors (Lipinski definition) is 4. The molecule has 0 atom stereocenters. The number of nitrogens with zero attached hydrogens (tertiary/aromatic N) is 1. The molecule has 0 aliphatic rings. The van der Waals surface area contributed by atoms with Gasteiger partial charge in [0.15, 0.2) is 6.29 Å². The highest BCUT2D eigenvalue weighted by Crippen LogP contribution is 2.41. The first-order chi connectivity index (χ1) is 15.5. The first kappa shape index (κ1) is 21.4. The Bertz CT molecular complexity index is 1290. The number of aromatic nitrogens is 1. The number of ether oxygens (including phenoxy) is 2. The molecule has 2 heterocycles. The lowest BCUT2D eigenvalue weighted by atomic mass is 9.95. The van der Waals surface area contributed by atoms with Crippen molar-refractivity contribution in [3.63, 3.8) is 0 Å². The summed E-state index contributed by atoms with van der Waals surface area (Å²) >= 11 is 0. The molecular formula is C27H25NO4. The Hall–Kier alpha value is -3.86. The molecule has 4 aromatic rings. The van der Waals surface area contributed by atoms with Crippen LogP contribution < -0.4 is 4.74 Å². The fourth-order valence-electron chi connectivity index (χ4n) is 4.09. The van der Waals surface area contributed by atoms with Crippen molar-refractivity contribution in [2.24, 2.45) is 0 Å².